The topological polar surface area (TPSA) is 9.23 Å². The summed E-state index contributed by atoms with van der Waals surface area (Å²) in [5, 5.41) is 2.48. The number of hydrogen-bond donors (Lipinski definition) is 0. The number of fused-ring (bicyclic) bond motifs is 3. The summed E-state index contributed by atoms with van der Waals surface area (Å²) in [5.74, 6) is -0.329. The van der Waals surface area contributed by atoms with Crippen molar-refractivity contribution in [2.45, 2.75) is 39.5 Å². The van der Waals surface area contributed by atoms with E-state index in [2.05, 4.69) is 6.92 Å². The predicted octanol–water partition coefficient (Wildman–Crippen LogP) is 6.40. The summed E-state index contributed by atoms with van der Waals surface area (Å²) >= 11 is 0. The van der Waals surface area contributed by atoms with E-state index in [4.69, 9.17) is 4.74 Å². The Labute approximate surface area is 141 Å². The molecule has 0 aliphatic rings. The van der Waals surface area contributed by atoms with Gasteiger partial charge in [-0.3, -0.25) is 0 Å². The van der Waals surface area contributed by atoms with Crippen molar-refractivity contribution >= 4 is 21.5 Å². The third-order valence-electron chi connectivity index (χ3n) is 4.46. The standard InChI is InChI=1S/C21H22F2O/c1-3-5-6-7-14-8-9-15-16-12-13-19(24-4-2)21(23)18(16)11-10-17(15)20(14)22/h8-13H,3-7H2,1-2H3. The van der Waals surface area contributed by atoms with Gasteiger partial charge in [-0.2, -0.15) is 0 Å². The maximum atomic E-state index is 14.8. The zero-order chi connectivity index (χ0) is 17.1. The number of rotatable bonds is 6. The Morgan fingerprint density at radius 3 is 2.04 bits per heavy atom. The van der Waals surface area contributed by atoms with E-state index in [9.17, 15) is 8.78 Å². The van der Waals surface area contributed by atoms with Crippen LogP contribution < -0.4 is 4.74 Å². The third kappa shape index (κ3) is 2.95. The lowest BCUT2D eigenvalue weighted by Gasteiger charge is -2.11. The monoisotopic (exact) mass is 328 g/mol. The molecular weight excluding hydrogens is 306 g/mol. The molecule has 0 spiro atoms. The minimum absolute atomic E-state index is 0.181. The first-order chi connectivity index (χ1) is 11.7. The summed E-state index contributed by atoms with van der Waals surface area (Å²) in [5.41, 5.74) is 0.738. The summed E-state index contributed by atoms with van der Waals surface area (Å²) in [7, 11) is 0. The largest absolute Gasteiger partial charge is 0.491 e. The van der Waals surface area contributed by atoms with E-state index in [0.29, 0.717) is 22.8 Å². The van der Waals surface area contributed by atoms with Gasteiger partial charge in [0.05, 0.1) is 6.61 Å². The highest BCUT2D eigenvalue weighted by molar-refractivity contribution is 6.08. The number of halogens is 2. The van der Waals surface area contributed by atoms with Crippen LogP contribution in [0.25, 0.3) is 21.5 Å². The highest BCUT2D eigenvalue weighted by Gasteiger charge is 2.13. The van der Waals surface area contributed by atoms with Crippen molar-refractivity contribution in [3.8, 4) is 5.75 Å². The van der Waals surface area contributed by atoms with E-state index in [0.717, 1.165) is 36.6 Å². The number of aryl methyl sites for hydroxylation is 1. The number of ether oxygens (including phenoxy) is 1. The molecule has 0 fully saturated rings. The van der Waals surface area contributed by atoms with Crippen LogP contribution in [0.3, 0.4) is 0 Å². The molecule has 3 aromatic rings. The predicted molar refractivity (Wildman–Crippen MR) is 95.8 cm³/mol. The molecule has 0 heterocycles. The Morgan fingerprint density at radius 1 is 0.750 bits per heavy atom. The van der Waals surface area contributed by atoms with Crippen LogP contribution in [0.4, 0.5) is 8.78 Å². The van der Waals surface area contributed by atoms with Crippen molar-refractivity contribution in [2.75, 3.05) is 6.61 Å². The van der Waals surface area contributed by atoms with Gasteiger partial charge in [0, 0.05) is 10.8 Å². The fourth-order valence-electron chi connectivity index (χ4n) is 3.20. The molecule has 0 unspecified atom stereocenters. The molecule has 126 valence electrons. The van der Waals surface area contributed by atoms with Gasteiger partial charge in [-0.25, -0.2) is 8.78 Å². The average Bonchev–Trinajstić information content (AvgIpc) is 2.59. The molecule has 3 rings (SSSR count). The Hall–Kier alpha value is -2.16. The van der Waals surface area contributed by atoms with Gasteiger partial charge in [0.1, 0.15) is 5.82 Å². The summed E-state index contributed by atoms with van der Waals surface area (Å²) in [6, 6.07) is 10.5. The molecular formula is C21H22F2O. The maximum Gasteiger partial charge on any atom is 0.172 e. The molecule has 24 heavy (non-hydrogen) atoms. The molecule has 0 aliphatic carbocycles. The van der Waals surface area contributed by atoms with E-state index in [-0.39, 0.29) is 17.4 Å². The second kappa shape index (κ2) is 7.16. The number of benzene rings is 3. The highest BCUT2D eigenvalue weighted by Crippen LogP contribution is 2.33. The quantitative estimate of drug-likeness (QED) is 0.375. The lowest BCUT2D eigenvalue weighted by Crippen LogP contribution is -1.96. The first kappa shape index (κ1) is 16.7. The van der Waals surface area contributed by atoms with Crippen LogP contribution in [0.1, 0.15) is 38.7 Å². The first-order valence-electron chi connectivity index (χ1n) is 8.62. The van der Waals surface area contributed by atoms with Crippen molar-refractivity contribution in [3.63, 3.8) is 0 Å². The summed E-state index contributed by atoms with van der Waals surface area (Å²) in [4.78, 5) is 0. The molecule has 0 aliphatic heterocycles. The Bertz CT molecular complexity index is 871. The maximum absolute atomic E-state index is 14.8. The molecule has 3 aromatic carbocycles. The number of unbranched alkanes of at least 4 members (excludes halogenated alkanes) is 2. The van der Waals surface area contributed by atoms with Crippen molar-refractivity contribution in [1.29, 1.82) is 0 Å². The molecule has 0 bridgehead atoms. The van der Waals surface area contributed by atoms with Crippen LogP contribution in [0.2, 0.25) is 0 Å². The molecule has 3 heteroatoms. The fraction of sp³-hybridized carbons (Fsp3) is 0.333. The van der Waals surface area contributed by atoms with Gasteiger partial charge >= 0.3 is 0 Å². The molecule has 1 nitrogen and oxygen atoms in total. The highest BCUT2D eigenvalue weighted by atomic mass is 19.1. The van der Waals surface area contributed by atoms with E-state index in [1.807, 2.05) is 25.1 Å². The fourth-order valence-corrected chi connectivity index (χ4v) is 3.20. The Morgan fingerprint density at radius 2 is 1.38 bits per heavy atom. The smallest absolute Gasteiger partial charge is 0.172 e. The van der Waals surface area contributed by atoms with Crippen LogP contribution in [0, 0.1) is 11.6 Å². The number of hydrogen-bond acceptors (Lipinski definition) is 1. The van der Waals surface area contributed by atoms with Crippen LogP contribution in [0.5, 0.6) is 5.75 Å². The molecule has 0 saturated carbocycles. The van der Waals surface area contributed by atoms with Gasteiger partial charge in [-0.15, -0.1) is 0 Å². The van der Waals surface area contributed by atoms with Crippen molar-refractivity contribution in [1.82, 2.24) is 0 Å². The lowest BCUT2D eigenvalue weighted by atomic mass is 9.97. The van der Waals surface area contributed by atoms with E-state index >= 15 is 0 Å². The first-order valence-corrected chi connectivity index (χ1v) is 8.62. The summed E-state index contributed by atoms with van der Waals surface area (Å²) < 4.78 is 34.7. The summed E-state index contributed by atoms with van der Waals surface area (Å²) in [6.07, 6.45) is 3.94. The molecule has 0 aromatic heterocycles. The minimum atomic E-state index is -0.385. The molecule has 0 N–H and O–H groups in total. The molecule has 0 atom stereocenters. The van der Waals surface area contributed by atoms with Crippen LogP contribution >= 0.6 is 0 Å². The van der Waals surface area contributed by atoms with Gasteiger partial charge in [0.2, 0.25) is 0 Å². The van der Waals surface area contributed by atoms with E-state index in [1.165, 1.54) is 0 Å². The lowest BCUT2D eigenvalue weighted by molar-refractivity contribution is 0.323. The van der Waals surface area contributed by atoms with E-state index in [1.54, 1.807) is 18.2 Å². The van der Waals surface area contributed by atoms with Crippen molar-refractivity contribution in [3.05, 3.63) is 53.6 Å². The van der Waals surface area contributed by atoms with Gasteiger partial charge in [-0.05, 0) is 48.2 Å². The molecule has 0 saturated heterocycles. The SMILES string of the molecule is CCCCCc1ccc2c(ccc3c(F)c(OCC)ccc32)c1F. The Kier molecular flexibility index (Phi) is 4.98. The molecule has 0 amide bonds. The van der Waals surface area contributed by atoms with Gasteiger partial charge in [-0.1, -0.05) is 44.0 Å². The summed E-state index contributed by atoms with van der Waals surface area (Å²) in [6.45, 7) is 4.36. The van der Waals surface area contributed by atoms with Gasteiger partial charge in [0.15, 0.2) is 11.6 Å². The minimum Gasteiger partial charge on any atom is -0.491 e. The van der Waals surface area contributed by atoms with Crippen molar-refractivity contribution < 1.29 is 13.5 Å². The normalized spacial score (nSPS) is 11.3. The molecule has 0 radical (unpaired) electrons. The Balaban J connectivity index is 2.11. The zero-order valence-corrected chi connectivity index (χ0v) is 14.2. The van der Waals surface area contributed by atoms with Gasteiger partial charge in [0.25, 0.3) is 0 Å². The van der Waals surface area contributed by atoms with Crippen molar-refractivity contribution in [2.24, 2.45) is 0 Å². The van der Waals surface area contributed by atoms with Crippen LogP contribution in [-0.4, -0.2) is 6.61 Å². The second-order valence-corrected chi connectivity index (χ2v) is 6.06. The zero-order valence-electron chi connectivity index (χ0n) is 14.2. The second-order valence-electron chi connectivity index (χ2n) is 6.06. The average molecular weight is 328 g/mol. The van der Waals surface area contributed by atoms with Crippen LogP contribution in [0.15, 0.2) is 36.4 Å². The van der Waals surface area contributed by atoms with Crippen LogP contribution in [-0.2, 0) is 6.42 Å². The van der Waals surface area contributed by atoms with Gasteiger partial charge < -0.3 is 4.74 Å². The third-order valence-corrected chi connectivity index (χ3v) is 4.46. The van der Waals surface area contributed by atoms with E-state index < -0.39 is 0 Å².